The van der Waals surface area contributed by atoms with E-state index < -0.39 is 0 Å². The van der Waals surface area contributed by atoms with Crippen molar-refractivity contribution in [1.82, 2.24) is 9.97 Å². The Balaban J connectivity index is 1.33. The number of nitrogens with one attached hydrogen (secondary N) is 2. The third kappa shape index (κ3) is 4.33. The van der Waals surface area contributed by atoms with E-state index in [1.807, 2.05) is 48.7 Å². The maximum atomic E-state index is 12.6. The number of para-hydroxylation sites is 2. The number of benzene rings is 2. The topological polar surface area (TPSA) is 105 Å². The smallest absolute Gasteiger partial charge is 0.323 e. The van der Waals surface area contributed by atoms with Gasteiger partial charge in [0.15, 0.2) is 0 Å². The summed E-state index contributed by atoms with van der Waals surface area (Å²) in [5.74, 6) is 1.84. The molecule has 2 aliphatic rings. The molecule has 1 aromatic heterocycles. The first-order chi connectivity index (χ1) is 16.6. The molecule has 34 heavy (non-hydrogen) atoms. The van der Waals surface area contributed by atoms with Crippen LogP contribution in [0.4, 0.5) is 27.9 Å². The van der Waals surface area contributed by atoms with E-state index in [1.165, 1.54) is 0 Å². The minimum Gasteiger partial charge on any atom is -0.495 e. The van der Waals surface area contributed by atoms with Gasteiger partial charge in [-0.3, -0.25) is 0 Å². The van der Waals surface area contributed by atoms with E-state index in [9.17, 15) is 4.79 Å². The second-order valence-electron chi connectivity index (χ2n) is 7.93. The van der Waals surface area contributed by atoms with Crippen molar-refractivity contribution < 1.29 is 9.53 Å². The number of fused-ring (bicyclic) bond motifs is 1. The van der Waals surface area contributed by atoms with Gasteiger partial charge in [0.1, 0.15) is 11.6 Å². The summed E-state index contributed by atoms with van der Waals surface area (Å²) in [6, 6.07) is 16.6. The van der Waals surface area contributed by atoms with Crippen LogP contribution in [0.3, 0.4) is 0 Å². The van der Waals surface area contributed by atoms with Gasteiger partial charge >= 0.3 is 6.03 Å². The Hall–Kier alpha value is -4.59. The lowest BCUT2D eigenvalue weighted by Crippen LogP contribution is -2.31. The zero-order chi connectivity index (χ0) is 23.5. The molecule has 0 radical (unpaired) electrons. The molecule has 1 aliphatic heterocycles. The summed E-state index contributed by atoms with van der Waals surface area (Å²) >= 11 is 0. The molecular weight excluding hydrogens is 428 g/mol. The van der Waals surface area contributed by atoms with Crippen LogP contribution in [0.5, 0.6) is 5.75 Å². The SMILES string of the molecule is COc1ccccc1NC(=O)Nc1cccc(C2=CC3C(C=C2)C=CN3c2ccnc(N)n2)c1. The van der Waals surface area contributed by atoms with E-state index in [2.05, 4.69) is 49.8 Å². The number of rotatable bonds is 5. The summed E-state index contributed by atoms with van der Waals surface area (Å²) in [5, 5.41) is 5.72. The maximum absolute atomic E-state index is 12.6. The number of ether oxygens (including phenoxy) is 1. The van der Waals surface area contributed by atoms with Crippen molar-refractivity contribution >= 4 is 34.7 Å². The van der Waals surface area contributed by atoms with Gasteiger partial charge in [-0.1, -0.05) is 48.6 Å². The van der Waals surface area contributed by atoms with Crippen LogP contribution in [0.25, 0.3) is 5.57 Å². The first-order valence-electron chi connectivity index (χ1n) is 10.9. The Morgan fingerprint density at radius 2 is 1.97 bits per heavy atom. The van der Waals surface area contributed by atoms with Crippen LogP contribution in [-0.4, -0.2) is 29.2 Å². The summed E-state index contributed by atoms with van der Waals surface area (Å²) in [6.07, 6.45) is 12.3. The number of carbonyl (C=O) groups is 1. The van der Waals surface area contributed by atoms with Crippen LogP contribution in [-0.2, 0) is 0 Å². The van der Waals surface area contributed by atoms with Gasteiger partial charge in [-0.15, -0.1) is 0 Å². The lowest BCUT2D eigenvalue weighted by Gasteiger charge is -2.28. The van der Waals surface area contributed by atoms with Crippen molar-refractivity contribution in [3.8, 4) is 5.75 Å². The largest absolute Gasteiger partial charge is 0.495 e. The van der Waals surface area contributed by atoms with Crippen molar-refractivity contribution in [2.24, 2.45) is 5.92 Å². The molecule has 170 valence electrons. The number of urea groups is 1. The highest BCUT2D eigenvalue weighted by Gasteiger charge is 2.30. The Morgan fingerprint density at radius 3 is 2.82 bits per heavy atom. The van der Waals surface area contributed by atoms with Gasteiger partial charge in [-0.25, -0.2) is 9.78 Å². The van der Waals surface area contributed by atoms with Gasteiger partial charge in [0.25, 0.3) is 0 Å². The fourth-order valence-electron chi connectivity index (χ4n) is 4.15. The minimum absolute atomic E-state index is 0.0831. The highest BCUT2D eigenvalue weighted by atomic mass is 16.5. The van der Waals surface area contributed by atoms with E-state index in [0.717, 1.165) is 17.0 Å². The van der Waals surface area contributed by atoms with Gasteiger partial charge in [-0.2, -0.15) is 4.98 Å². The summed E-state index contributed by atoms with van der Waals surface area (Å²) in [5.41, 5.74) is 9.13. The minimum atomic E-state index is -0.345. The number of nitrogens with zero attached hydrogens (tertiary/aromatic N) is 3. The fourth-order valence-corrected chi connectivity index (χ4v) is 4.15. The van der Waals surface area contributed by atoms with Crippen molar-refractivity contribution in [3.05, 3.63) is 96.9 Å². The lowest BCUT2D eigenvalue weighted by atomic mass is 9.90. The molecule has 3 aromatic rings. The summed E-state index contributed by atoms with van der Waals surface area (Å²) in [7, 11) is 1.57. The number of hydrogen-bond donors (Lipinski definition) is 3. The van der Waals surface area contributed by atoms with Gasteiger partial charge in [-0.05, 0) is 41.5 Å². The number of methoxy groups -OCH3 is 1. The molecule has 8 nitrogen and oxygen atoms in total. The average molecular weight is 453 g/mol. The van der Waals surface area contributed by atoms with Crippen LogP contribution in [0.2, 0.25) is 0 Å². The predicted octanol–water partition coefficient (Wildman–Crippen LogP) is 4.68. The number of hydrogen-bond acceptors (Lipinski definition) is 6. The third-order valence-electron chi connectivity index (χ3n) is 5.77. The maximum Gasteiger partial charge on any atom is 0.323 e. The third-order valence-corrected chi connectivity index (χ3v) is 5.77. The number of anilines is 4. The van der Waals surface area contributed by atoms with Gasteiger partial charge < -0.3 is 26.0 Å². The molecule has 2 amide bonds. The molecule has 2 heterocycles. The molecule has 1 aliphatic carbocycles. The first-order valence-corrected chi connectivity index (χ1v) is 10.9. The number of allylic oxidation sites excluding steroid dienone is 2. The zero-order valence-electron chi connectivity index (χ0n) is 18.6. The van der Waals surface area contributed by atoms with Crippen molar-refractivity contribution in [3.63, 3.8) is 0 Å². The molecule has 2 aromatic carbocycles. The molecule has 5 rings (SSSR count). The van der Waals surface area contributed by atoms with Gasteiger partial charge in [0, 0.05) is 24.0 Å². The molecule has 0 spiro atoms. The molecule has 2 atom stereocenters. The number of amides is 2. The molecule has 0 bridgehead atoms. The van der Waals surface area contributed by atoms with Gasteiger partial charge in [0.05, 0.1) is 18.8 Å². The Bertz CT molecular complexity index is 1320. The van der Waals surface area contributed by atoms with Crippen LogP contribution >= 0.6 is 0 Å². The van der Waals surface area contributed by atoms with Crippen LogP contribution in [0.15, 0.2) is 91.3 Å². The number of nitrogens with two attached hydrogens (primary N) is 1. The van der Waals surface area contributed by atoms with Crippen LogP contribution in [0.1, 0.15) is 5.56 Å². The van der Waals surface area contributed by atoms with E-state index in [0.29, 0.717) is 17.1 Å². The Kier molecular flexibility index (Phi) is 5.70. The highest BCUT2D eigenvalue weighted by molar-refractivity contribution is 6.01. The van der Waals surface area contributed by atoms with Crippen molar-refractivity contribution in [2.75, 3.05) is 28.4 Å². The van der Waals surface area contributed by atoms with Crippen molar-refractivity contribution in [2.45, 2.75) is 6.04 Å². The second-order valence-corrected chi connectivity index (χ2v) is 7.93. The average Bonchev–Trinajstić information content (AvgIpc) is 3.28. The number of carbonyl (C=O) groups excluding carboxylic acids is 1. The zero-order valence-corrected chi connectivity index (χ0v) is 18.6. The Labute approximate surface area is 197 Å². The monoisotopic (exact) mass is 452 g/mol. The van der Waals surface area contributed by atoms with E-state index in [4.69, 9.17) is 10.5 Å². The second kappa shape index (κ2) is 9.11. The van der Waals surface area contributed by atoms with Crippen LogP contribution < -0.4 is 26.0 Å². The Morgan fingerprint density at radius 1 is 1.09 bits per heavy atom. The number of nitrogen functional groups attached to an aromatic ring is 1. The van der Waals surface area contributed by atoms with Crippen molar-refractivity contribution in [1.29, 1.82) is 0 Å². The molecule has 8 heteroatoms. The summed E-state index contributed by atoms with van der Waals surface area (Å²) in [6.45, 7) is 0. The van der Waals surface area contributed by atoms with E-state index >= 15 is 0 Å². The highest BCUT2D eigenvalue weighted by Crippen LogP contribution is 2.35. The first kappa shape index (κ1) is 21.3. The predicted molar refractivity (Wildman–Crippen MR) is 135 cm³/mol. The molecule has 2 unspecified atom stereocenters. The van der Waals surface area contributed by atoms with Crippen LogP contribution in [0, 0.1) is 5.92 Å². The quantitative estimate of drug-likeness (QED) is 0.519. The van der Waals surface area contributed by atoms with E-state index in [-0.39, 0.29) is 23.9 Å². The molecule has 0 fully saturated rings. The normalized spacial score (nSPS) is 18.3. The molecule has 4 N–H and O–H groups in total. The summed E-state index contributed by atoms with van der Waals surface area (Å²) < 4.78 is 5.29. The lowest BCUT2D eigenvalue weighted by molar-refractivity contribution is 0.262. The molecular formula is C26H24N6O2. The fraction of sp³-hybridized carbons (Fsp3) is 0.115. The number of aromatic nitrogens is 2. The van der Waals surface area contributed by atoms with E-state index in [1.54, 1.807) is 25.4 Å². The van der Waals surface area contributed by atoms with Gasteiger partial charge in [0.2, 0.25) is 5.95 Å². The molecule has 0 saturated carbocycles. The molecule has 0 saturated heterocycles. The summed E-state index contributed by atoms with van der Waals surface area (Å²) in [4.78, 5) is 23.0. The standard InChI is InChI=1S/C26H24N6O2/c1-34-23-8-3-2-7-21(23)30-26(33)29-20-6-4-5-18(15-20)19-10-9-17-12-14-32(22(17)16-19)24-11-13-28-25(27)31-24/h2-17,22H,1H3,(H2,27,28,31)(H2,29,30,33).